The molecule has 2 aliphatic heterocycles. The van der Waals surface area contributed by atoms with Crippen molar-refractivity contribution in [1.82, 2.24) is 30.3 Å². The largest absolute Gasteiger partial charge is 0.352 e. The fraction of sp³-hybridized carbons (Fsp3) is 0.583. The van der Waals surface area contributed by atoms with E-state index < -0.39 is 0 Å². The number of piperidine rings is 1. The SMILES string of the molecule is CCc1nc2n(n1)CC(NC(=NC)NCC(=O)N1CCC(Cc3ccccc3)CC1)CC2. The molecule has 1 unspecified atom stereocenters. The number of hydrogen-bond acceptors (Lipinski definition) is 4. The monoisotopic (exact) mass is 437 g/mol. The molecule has 2 aliphatic rings. The van der Waals surface area contributed by atoms with Crippen LogP contribution in [0, 0.1) is 5.92 Å². The predicted octanol–water partition coefficient (Wildman–Crippen LogP) is 1.80. The summed E-state index contributed by atoms with van der Waals surface area (Å²) in [6.07, 6.45) is 5.97. The molecule has 1 aromatic heterocycles. The van der Waals surface area contributed by atoms with Crippen LogP contribution in [0.3, 0.4) is 0 Å². The van der Waals surface area contributed by atoms with Crippen LogP contribution in [0.2, 0.25) is 0 Å². The van der Waals surface area contributed by atoms with E-state index in [1.165, 1.54) is 5.56 Å². The summed E-state index contributed by atoms with van der Waals surface area (Å²) in [5.41, 5.74) is 1.39. The summed E-state index contributed by atoms with van der Waals surface area (Å²) < 4.78 is 2.00. The van der Waals surface area contributed by atoms with Gasteiger partial charge >= 0.3 is 0 Å². The highest BCUT2D eigenvalue weighted by molar-refractivity contribution is 5.86. The van der Waals surface area contributed by atoms with Crippen molar-refractivity contribution in [2.45, 2.75) is 58.0 Å². The fourth-order valence-electron chi connectivity index (χ4n) is 4.62. The first-order valence-electron chi connectivity index (χ1n) is 11.9. The maximum atomic E-state index is 12.7. The number of amides is 1. The number of aryl methyl sites for hydroxylation is 2. The lowest BCUT2D eigenvalue weighted by molar-refractivity contribution is -0.131. The van der Waals surface area contributed by atoms with Crippen molar-refractivity contribution in [2.75, 3.05) is 26.7 Å². The van der Waals surface area contributed by atoms with Gasteiger partial charge in [-0.25, -0.2) is 9.67 Å². The normalized spacial score (nSPS) is 19.5. The Bertz CT molecular complexity index is 916. The number of guanidine groups is 1. The average Bonchev–Trinajstić information content (AvgIpc) is 3.25. The molecule has 1 fully saturated rings. The highest BCUT2D eigenvalue weighted by Gasteiger charge is 2.24. The van der Waals surface area contributed by atoms with Crippen LogP contribution < -0.4 is 10.6 Å². The van der Waals surface area contributed by atoms with Gasteiger partial charge in [0.1, 0.15) is 5.82 Å². The van der Waals surface area contributed by atoms with Crippen molar-refractivity contribution in [3.63, 3.8) is 0 Å². The van der Waals surface area contributed by atoms with Gasteiger partial charge in [-0.1, -0.05) is 37.3 Å². The minimum atomic E-state index is 0.140. The molecule has 3 heterocycles. The molecule has 0 spiro atoms. The maximum Gasteiger partial charge on any atom is 0.241 e. The zero-order valence-electron chi connectivity index (χ0n) is 19.3. The molecule has 0 radical (unpaired) electrons. The molecule has 8 nitrogen and oxygen atoms in total. The van der Waals surface area contributed by atoms with E-state index >= 15 is 0 Å². The van der Waals surface area contributed by atoms with Crippen molar-refractivity contribution < 1.29 is 4.79 Å². The van der Waals surface area contributed by atoms with Crippen molar-refractivity contribution >= 4 is 11.9 Å². The minimum Gasteiger partial charge on any atom is -0.352 e. The quantitative estimate of drug-likeness (QED) is 0.532. The molecule has 1 amide bonds. The van der Waals surface area contributed by atoms with E-state index in [-0.39, 0.29) is 18.5 Å². The smallest absolute Gasteiger partial charge is 0.241 e. The van der Waals surface area contributed by atoms with Crippen LogP contribution in [0.25, 0.3) is 0 Å². The van der Waals surface area contributed by atoms with Gasteiger partial charge in [0.2, 0.25) is 5.91 Å². The van der Waals surface area contributed by atoms with Crippen molar-refractivity contribution in [2.24, 2.45) is 10.9 Å². The molecule has 0 aliphatic carbocycles. The van der Waals surface area contributed by atoms with E-state index in [2.05, 4.69) is 63.0 Å². The van der Waals surface area contributed by atoms with Gasteiger partial charge in [-0.3, -0.25) is 9.79 Å². The number of hydrogen-bond donors (Lipinski definition) is 2. The van der Waals surface area contributed by atoms with Crippen LogP contribution >= 0.6 is 0 Å². The molecule has 32 heavy (non-hydrogen) atoms. The van der Waals surface area contributed by atoms with Crippen LogP contribution in [0.4, 0.5) is 0 Å². The summed E-state index contributed by atoms with van der Waals surface area (Å²) in [6, 6.07) is 10.9. The summed E-state index contributed by atoms with van der Waals surface area (Å²) >= 11 is 0. The summed E-state index contributed by atoms with van der Waals surface area (Å²) in [7, 11) is 1.74. The lowest BCUT2D eigenvalue weighted by Crippen LogP contribution is -2.50. The number of benzene rings is 1. The van der Waals surface area contributed by atoms with Crippen molar-refractivity contribution in [3.8, 4) is 0 Å². The number of nitrogens with one attached hydrogen (secondary N) is 2. The third-order valence-corrected chi connectivity index (χ3v) is 6.52. The fourth-order valence-corrected chi connectivity index (χ4v) is 4.62. The van der Waals surface area contributed by atoms with Gasteiger partial charge in [-0.05, 0) is 37.2 Å². The Balaban J connectivity index is 1.19. The number of rotatable bonds is 6. The molecule has 2 N–H and O–H groups in total. The van der Waals surface area contributed by atoms with Crippen LogP contribution in [-0.4, -0.2) is 64.3 Å². The molecule has 4 rings (SSSR count). The Morgan fingerprint density at radius 2 is 1.97 bits per heavy atom. The van der Waals surface area contributed by atoms with E-state index in [0.717, 1.165) is 69.8 Å². The van der Waals surface area contributed by atoms with Gasteiger partial charge in [-0.15, -0.1) is 0 Å². The van der Waals surface area contributed by atoms with E-state index in [9.17, 15) is 4.79 Å². The first-order valence-corrected chi connectivity index (χ1v) is 11.9. The lowest BCUT2D eigenvalue weighted by atomic mass is 9.90. The molecule has 8 heteroatoms. The van der Waals surface area contributed by atoms with E-state index in [1.54, 1.807) is 7.05 Å². The highest BCUT2D eigenvalue weighted by atomic mass is 16.2. The van der Waals surface area contributed by atoms with Crippen LogP contribution in [0.5, 0.6) is 0 Å². The van der Waals surface area contributed by atoms with Crippen molar-refractivity contribution in [3.05, 3.63) is 47.5 Å². The first-order chi connectivity index (χ1) is 15.6. The van der Waals surface area contributed by atoms with Gasteiger partial charge in [-0.2, -0.15) is 5.10 Å². The molecule has 2 aromatic rings. The zero-order valence-corrected chi connectivity index (χ0v) is 19.3. The summed E-state index contributed by atoms with van der Waals surface area (Å²) in [4.78, 5) is 23.6. The number of carbonyl (C=O) groups excluding carboxylic acids is 1. The number of fused-ring (bicyclic) bond motifs is 1. The molecule has 1 saturated heterocycles. The Morgan fingerprint density at radius 3 is 2.69 bits per heavy atom. The Morgan fingerprint density at radius 1 is 1.19 bits per heavy atom. The molecule has 0 bridgehead atoms. The number of likely N-dealkylation sites (tertiary alicyclic amines) is 1. The minimum absolute atomic E-state index is 0.140. The van der Waals surface area contributed by atoms with Gasteiger partial charge in [0, 0.05) is 39.0 Å². The Hall–Kier alpha value is -2.90. The second kappa shape index (κ2) is 10.6. The molecular formula is C24H35N7O. The van der Waals surface area contributed by atoms with Crippen LogP contribution in [-0.2, 0) is 30.6 Å². The molecule has 1 atom stereocenters. The van der Waals surface area contributed by atoms with Gasteiger partial charge in [0.15, 0.2) is 11.8 Å². The molecule has 172 valence electrons. The standard InChI is InChI=1S/C24H35N7O/c1-3-21-28-22-10-9-20(17-31(22)29-21)27-24(25-2)26-16-23(32)30-13-11-19(12-14-30)15-18-7-5-4-6-8-18/h4-8,19-20H,3,9-17H2,1-2H3,(H2,25,26,27). The van der Waals surface area contributed by atoms with E-state index in [4.69, 9.17) is 0 Å². The zero-order chi connectivity index (χ0) is 22.3. The van der Waals surface area contributed by atoms with Gasteiger partial charge < -0.3 is 15.5 Å². The second-order valence-electron chi connectivity index (χ2n) is 8.80. The molecule has 0 saturated carbocycles. The molecular weight excluding hydrogens is 402 g/mol. The Labute approximate surface area is 190 Å². The van der Waals surface area contributed by atoms with Gasteiger partial charge in [0.05, 0.1) is 13.1 Å². The van der Waals surface area contributed by atoms with Gasteiger partial charge in [0.25, 0.3) is 0 Å². The summed E-state index contributed by atoms with van der Waals surface area (Å²) in [5, 5.41) is 11.2. The number of aromatic nitrogens is 3. The first kappa shape index (κ1) is 22.3. The van der Waals surface area contributed by atoms with E-state index in [1.807, 2.05) is 9.58 Å². The predicted molar refractivity (Wildman–Crippen MR) is 125 cm³/mol. The Kier molecular flexibility index (Phi) is 7.39. The third-order valence-electron chi connectivity index (χ3n) is 6.52. The summed E-state index contributed by atoms with van der Waals surface area (Å²) in [6.45, 7) is 4.78. The van der Waals surface area contributed by atoms with Crippen LogP contribution in [0.15, 0.2) is 35.3 Å². The highest BCUT2D eigenvalue weighted by Crippen LogP contribution is 2.21. The second-order valence-corrected chi connectivity index (χ2v) is 8.80. The number of nitrogens with zero attached hydrogens (tertiary/aromatic N) is 5. The van der Waals surface area contributed by atoms with E-state index in [0.29, 0.717) is 11.9 Å². The van der Waals surface area contributed by atoms with Crippen LogP contribution in [0.1, 0.15) is 43.4 Å². The topological polar surface area (TPSA) is 87.4 Å². The molecule has 1 aromatic carbocycles. The lowest BCUT2D eigenvalue weighted by Gasteiger charge is -2.32. The third kappa shape index (κ3) is 5.66. The number of aliphatic imine (C=N–C) groups is 1. The summed E-state index contributed by atoms with van der Waals surface area (Å²) in [5.74, 6) is 3.43. The number of carbonyl (C=O) groups is 1. The van der Waals surface area contributed by atoms with Crippen molar-refractivity contribution in [1.29, 1.82) is 0 Å². The maximum absolute atomic E-state index is 12.7. The average molecular weight is 438 g/mol.